The Labute approximate surface area is 114 Å². The highest BCUT2D eigenvalue weighted by Crippen LogP contribution is 2.51. The van der Waals surface area contributed by atoms with Gasteiger partial charge >= 0.3 is 6.18 Å². The van der Waals surface area contributed by atoms with Crippen molar-refractivity contribution < 1.29 is 18.0 Å². The molecule has 1 amide bonds. The number of hydrogen-bond donors (Lipinski definition) is 3. The number of benzene rings is 1. The van der Waals surface area contributed by atoms with Crippen LogP contribution in [-0.2, 0) is 0 Å². The van der Waals surface area contributed by atoms with Crippen LogP contribution in [0.25, 0.3) is 0 Å². The predicted molar refractivity (Wildman–Crippen MR) is 70.5 cm³/mol. The summed E-state index contributed by atoms with van der Waals surface area (Å²) in [5.41, 5.74) is 4.25. The normalized spacial score (nSPS) is 16.6. The molecule has 2 rings (SSSR count). The molecule has 0 atom stereocenters. The van der Waals surface area contributed by atoms with Crippen LogP contribution in [0.4, 0.5) is 24.5 Å². The molecule has 1 aliphatic rings. The smallest absolute Gasteiger partial charge is 0.399 e. The Kier molecular flexibility index (Phi) is 3.54. The molecule has 7 heteroatoms. The molecule has 0 radical (unpaired) electrons. The zero-order chi connectivity index (χ0) is 15.0. The van der Waals surface area contributed by atoms with Crippen molar-refractivity contribution >= 4 is 17.3 Å². The lowest BCUT2D eigenvalue weighted by atomic mass is 10.1. The van der Waals surface area contributed by atoms with E-state index in [1.807, 2.05) is 0 Å². The third kappa shape index (κ3) is 2.66. The number of halogens is 3. The van der Waals surface area contributed by atoms with Gasteiger partial charge < -0.3 is 16.4 Å². The van der Waals surface area contributed by atoms with E-state index < -0.39 is 17.6 Å². The summed E-state index contributed by atoms with van der Waals surface area (Å²) in [5.74, 6) is -0.423. The zero-order valence-corrected chi connectivity index (χ0v) is 11.0. The van der Waals surface area contributed by atoms with Crippen LogP contribution < -0.4 is 16.4 Å². The van der Waals surface area contributed by atoms with Gasteiger partial charge in [-0.1, -0.05) is 0 Å². The third-order valence-corrected chi connectivity index (χ3v) is 3.29. The number of amides is 1. The molecule has 4 N–H and O–H groups in total. The van der Waals surface area contributed by atoms with Gasteiger partial charge in [-0.15, -0.1) is 0 Å². The summed E-state index contributed by atoms with van der Waals surface area (Å²) in [5, 5.41) is 5.02. The van der Waals surface area contributed by atoms with E-state index in [1.54, 1.807) is 6.92 Å². The van der Waals surface area contributed by atoms with Crippen LogP contribution in [-0.4, -0.2) is 24.2 Å². The van der Waals surface area contributed by atoms with E-state index >= 15 is 0 Å². The van der Waals surface area contributed by atoms with Crippen molar-refractivity contribution in [2.75, 3.05) is 17.6 Å². The molecule has 110 valence electrons. The minimum atomic E-state index is -4.35. The summed E-state index contributed by atoms with van der Waals surface area (Å²) in [7, 11) is 0. The average Bonchev–Trinajstić information content (AvgIpc) is 3.09. The molecule has 0 unspecified atom stereocenters. The van der Waals surface area contributed by atoms with E-state index in [0.717, 1.165) is 0 Å². The van der Waals surface area contributed by atoms with Crippen LogP contribution in [0.15, 0.2) is 18.2 Å². The Morgan fingerprint density at radius 1 is 1.40 bits per heavy atom. The van der Waals surface area contributed by atoms with Crippen LogP contribution in [0.5, 0.6) is 0 Å². The molecular weight excluding hydrogens is 271 g/mol. The molecule has 0 aliphatic heterocycles. The van der Waals surface area contributed by atoms with Crippen molar-refractivity contribution in [3.63, 3.8) is 0 Å². The molecule has 0 saturated heterocycles. The molecule has 0 bridgehead atoms. The number of nitrogen functional groups attached to an aromatic ring is 1. The highest BCUT2D eigenvalue weighted by Gasteiger charge is 2.63. The van der Waals surface area contributed by atoms with Crippen molar-refractivity contribution in [3.05, 3.63) is 23.8 Å². The van der Waals surface area contributed by atoms with Gasteiger partial charge in [-0.3, -0.25) is 4.79 Å². The van der Waals surface area contributed by atoms with Crippen LogP contribution >= 0.6 is 0 Å². The van der Waals surface area contributed by atoms with E-state index in [-0.39, 0.29) is 24.1 Å². The summed E-state index contributed by atoms with van der Waals surface area (Å²) in [4.78, 5) is 11.9. The zero-order valence-electron chi connectivity index (χ0n) is 11.0. The van der Waals surface area contributed by atoms with Crippen molar-refractivity contribution in [1.29, 1.82) is 0 Å². The lowest BCUT2D eigenvalue weighted by Crippen LogP contribution is -2.39. The molecule has 1 aromatic carbocycles. The van der Waals surface area contributed by atoms with E-state index in [1.165, 1.54) is 18.2 Å². The van der Waals surface area contributed by atoms with E-state index in [4.69, 9.17) is 5.73 Å². The van der Waals surface area contributed by atoms with Crippen LogP contribution in [0, 0.1) is 0 Å². The maximum Gasteiger partial charge on any atom is 0.411 e. The van der Waals surface area contributed by atoms with Gasteiger partial charge in [0.15, 0.2) is 0 Å². The molecule has 20 heavy (non-hydrogen) atoms. The third-order valence-electron chi connectivity index (χ3n) is 3.29. The summed E-state index contributed by atoms with van der Waals surface area (Å²) < 4.78 is 38.9. The lowest BCUT2D eigenvalue weighted by Gasteiger charge is -2.23. The van der Waals surface area contributed by atoms with Crippen LogP contribution in [0.3, 0.4) is 0 Å². The number of carbonyl (C=O) groups excluding carboxylic acids is 1. The molecule has 1 aromatic rings. The highest BCUT2D eigenvalue weighted by molar-refractivity contribution is 6.00. The molecule has 1 saturated carbocycles. The number of hydrogen-bond acceptors (Lipinski definition) is 3. The van der Waals surface area contributed by atoms with Crippen molar-refractivity contribution in [2.45, 2.75) is 31.5 Å². The molecule has 4 nitrogen and oxygen atoms in total. The molecule has 1 fully saturated rings. The largest absolute Gasteiger partial charge is 0.411 e. The summed E-state index contributed by atoms with van der Waals surface area (Å²) in [6.07, 6.45) is -4.35. The summed E-state index contributed by atoms with van der Waals surface area (Å²) in [6, 6.07) is 4.27. The topological polar surface area (TPSA) is 67.2 Å². The number of anilines is 2. The Hall–Kier alpha value is -1.92. The maximum absolute atomic E-state index is 13.0. The van der Waals surface area contributed by atoms with Crippen LogP contribution in [0.1, 0.15) is 30.1 Å². The fraction of sp³-hybridized carbons (Fsp3) is 0.462. The van der Waals surface area contributed by atoms with Gasteiger partial charge in [-0.05, 0) is 38.0 Å². The Morgan fingerprint density at radius 3 is 2.55 bits per heavy atom. The second-order valence-corrected chi connectivity index (χ2v) is 4.87. The minimum absolute atomic E-state index is 0.000135. The number of nitrogens with two attached hydrogens (primary N) is 1. The van der Waals surface area contributed by atoms with E-state index in [9.17, 15) is 18.0 Å². The van der Waals surface area contributed by atoms with Gasteiger partial charge in [-0.2, -0.15) is 13.2 Å². The Bertz CT molecular complexity index is 524. The van der Waals surface area contributed by atoms with Crippen LogP contribution in [0.2, 0.25) is 0 Å². The lowest BCUT2D eigenvalue weighted by molar-refractivity contribution is -0.151. The van der Waals surface area contributed by atoms with Gasteiger partial charge in [0.25, 0.3) is 5.91 Å². The second kappa shape index (κ2) is 4.88. The fourth-order valence-electron chi connectivity index (χ4n) is 1.98. The van der Waals surface area contributed by atoms with E-state index in [0.29, 0.717) is 12.2 Å². The molecular formula is C13H16F3N3O. The molecule has 1 aliphatic carbocycles. The summed E-state index contributed by atoms with van der Waals surface area (Å²) in [6.45, 7) is 2.13. The monoisotopic (exact) mass is 287 g/mol. The van der Waals surface area contributed by atoms with E-state index in [2.05, 4.69) is 10.6 Å². The first kappa shape index (κ1) is 14.5. The Morgan fingerprint density at radius 2 is 2.05 bits per heavy atom. The first-order valence-electron chi connectivity index (χ1n) is 6.32. The van der Waals surface area contributed by atoms with Gasteiger partial charge in [0.05, 0.1) is 5.56 Å². The quantitative estimate of drug-likeness (QED) is 0.745. The Balaban J connectivity index is 2.31. The highest BCUT2D eigenvalue weighted by atomic mass is 19.4. The number of nitrogens with one attached hydrogen (secondary N) is 2. The van der Waals surface area contributed by atoms with Gasteiger partial charge in [0.1, 0.15) is 5.54 Å². The molecule has 0 spiro atoms. The van der Waals surface area contributed by atoms with Crippen molar-refractivity contribution in [3.8, 4) is 0 Å². The minimum Gasteiger partial charge on any atom is -0.399 e. The fourth-order valence-corrected chi connectivity index (χ4v) is 1.98. The second-order valence-electron chi connectivity index (χ2n) is 4.87. The SMILES string of the molecule is CCNC(=O)c1ccc(N)cc1NC1(C(F)(F)F)CC1. The number of rotatable bonds is 4. The number of alkyl halides is 3. The number of carbonyl (C=O) groups is 1. The first-order chi connectivity index (χ1) is 9.29. The van der Waals surface area contributed by atoms with Gasteiger partial charge in [0, 0.05) is 17.9 Å². The maximum atomic E-state index is 13.0. The summed E-state index contributed by atoms with van der Waals surface area (Å²) >= 11 is 0. The first-order valence-corrected chi connectivity index (χ1v) is 6.32. The van der Waals surface area contributed by atoms with Gasteiger partial charge in [-0.25, -0.2) is 0 Å². The average molecular weight is 287 g/mol. The van der Waals surface area contributed by atoms with Crippen molar-refractivity contribution in [1.82, 2.24) is 5.32 Å². The molecule has 0 heterocycles. The van der Waals surface area contributed by atoms with Gasteiger partial charge in [0.2, 0.25) is 0 Å². The predicted octanol–water partition coefficient (Wildman–Crippen LogP) is 2.53. The molecule has 0 aromatic heterocycles. The van der Waals surface area contributed by atoms with Crippen molar-refractivity contribution in [2.24, 2.45) is 0 Å². The standard InChI is InChI=1S/C13H16F3N3O/c1-2-18-11(20)9-4-3-8(17)7-10(9)19-12(5-6-12)13(14,15)16/h3-4,7,19H,2,5-6,17H2,1H3,(H,18,20).